The van der Waals surface area contributed by atoms with Gasteiger partial charge >= 0.3 is 6.18 Å². The lowest BCUT2D eigenvalue weighted by molar-refractivity contribution is -0.137. The van der Waals surface area contributed by atoms with Crippen LogP contribution in [0, 0.1) is 5.82 Å². The van der Waals surface area contributed by atoms with Crippen LogP contribution < -0.4 is 0 Å². The average molecular weight is 423 g/mol. The molecule has 5 heteroatoms. The predicted octanol–water partition coefficient (Wildman–Crippen LogP) is 8.07. The summed E-state index contributed by atoms with van der Waals surface area (Å²) in [6.07, 6.45) is -0.397. The van der Waals surface area contributed by atoms with Crippen LogP contribution >= 0.6 is 0 Å². The third-order valence-corrected chi connectivity index (χ3v) is 5.43. The van der Waals surface area contributed by atoms with Gasteiger partial charge in [0.15, 0.2) is 0 Å². The zero-order chi connectivity index (χ0) is 22.0. The molecule has 0 atom stereocenters. The summed E-state index contributed by atoms with van der Waals surface area (Å²) in [5.41, 5.74) is 1.93. The van der Waals surface area contributed by atoms with Crippen molar-refractivity contribution in [3.8, 4) is 22.4 Å². The Morgan fingerprint density at radius 2 is 1.52 bits per heavy atom. The number of unbranched alkanes of at least 4 members (excludes halogenated alkanes) is 1. The summed E-state index contributed by atoms with van der Waals surface area (Å²) in [5, 5.41) is 0.942. The van der Waals surface area contributed by atoms with E-state index in [1.165, 1.54) is 12.1 Å². The normalized spacial score (nSPS) is 11.8. The van der Waals surface area contributed by atoms with Crippen LogP contribution in [0.1, 0.15) is 30.9 Å². The first kappa shape index (κ1) is 21.0. The van der Waals surface area contributed by atoms with Crippen molar-refractivity contribution < 1.29 is 17.6 Å². The number of hydrogen-bond donors (Lipinski definition) is 0. The number of fused-ring (bicyclic) bond motifs is 1. The first-order valence-electron chi connectivity index (χ1n) is 10.2. The highest BCUT2D eigenvalue weighted by atomic mass is 19.4. The quantitative estimate of drug-likeness (QED) is 0.296. The summed E-state index contributed by atoms with van der Waals surface area (Å²) in [6.45, 7) is 2.10. The highest BCUT2D eigenvalue weighted by Gasteiger charge is 2.34. The van der Waals surface area contributed by atoms with Crippen molar-refractivity contribution in [2.24, 2.45) is 0 Å². The third-order valence-electron chi connectivity index (χ3n) is 5.43. The van der Waals surface area contributed by atoms with Gasteiger partial charge in [0, 0.05) is 16.3 Å². The molecule has 0 fully saturated rings. The predicted molar refractivity (Wildman–Crippen MR) is 116 cm³/mol. The van der Waals surface area contributed by atoms with Crippen molar-refractivity contribution in [3.05, 3.63) is 89.9 Å². The van der Waals surface area contributed by atoms with Gasteiger partial charge in [0.2, 0.25) is 0 Å². The number of halogens is 4. The average Bonchev–Trinajstić information content (AvgIpc) is 2.77. The molecule has 31 heavy (non-hydrogen) atoms. The number of nitrogens with zero attached hydrogens (tertiary/aromatic N) is 1. The van der Waals surface area contributed by atoms with Crippen molar-refractivity contribution in [1.29, 1.82) is 0 Å². The Labute approximate surface area is 178 Å². The van der Waals surface area contributed by atoms with Crippen LogP contribution in [0.15, 0.2) is 72.9 Å². The first-order valence-corrected chi connectivity index (χ1v) is 10.2. The number of aromatic nitrogens is 1. The van der Waals surface area contributed by atoms with Crippen molar-refractivity contribution in [3.63, 3.8) is 0 Å². The van der Waals surface area contributed by atoms with E-state index >= 15 is 0 Å². The molecule has 0 aliphatic carbocycles. The zero-order valence-corrected chi connectivity index (χ0v) is 17.0. The number of pyridine rings is 1. The molecule has 1 heterocycles. The number of alkyl halides is 3. The molecule has 0 amide bonds. The summed E-state index contributed by atoms with van der Waals surface area (Å²) in [5.74, 6) is -0.464. The highest BCUT2D eigenvalue weighted by molar-refractivity contribution is 5.95. The van der Waals surface area contributed by atoms with E-state index in [2.05, 4.69) is 11.9 Å². The number of rotatable bonds is 5. The molecule has 0 radical (unpaired) electrons. The maximum atomic E-state index is 14.2. The number of benzene rings is 3. The van der Waals surface area contributed by atoms with E-state index in [1.54, 1.807) is 36.4 Å². The molecule has 3 aromatic carbocycles. The number of hydrogen-bond acceptors (Lipinski definition) is 1. The monoisotopic (exact) mass is 423 g/mol. The summed E-state index contributed by atoms with van der Waals surface area (Å²) in [7, 11) is 0. The fraction of sp³-hybridized carbons (Fsp3) is 0.192. The van der Waals surface area contributed by atoms with E-state index in [0.717, 1.165) is 37.1 Å². The molecule has 0 N–H and O–H groups in total. The fourth-order valence-electron chi connectivity index (χ4n) is 3.80. The van der Waals surface area contributed by atoms with Gasteiger partial charge in [-0.25, -0.2) is 4.39 Å². The third kappa shape index (κ3) is 4.31. The van der Waals surface area contributed by atoms with Crippen molar-refractivity contribution >= 4 is 10.8 Å². The largest absolute Gasteiger partial charge is 0.417 e. The standard InChI is InChI=1S/C26H21F4N/c1-2-3-6-17-9-11-18(12-10-17)22-15-19(13-14-23(22)26(28,29)30)25-21-8-5-4-7-20(21)24(27)16-31-25/h4-5,7-16H,2-3,6H2,1H3. The lowest BCUT2D eigenvalue weighted by atomic mass is 9.93. The zero-order valence-electron chi connectivity index (χ0n) is 17.0. The molecule has 0 saturated carbocycles. The summed E-state index contributed by atoms with van der Waals surface area (Å²) < 4.78 is 55.4. The summed E-state index contributed by atoms with van der Waals surface area (Å²) in [6, 6.07) is 18.0. The van der Waals surface area contributed by atoms with Crippen LogP contribution in [0.2, 0.25) is 0 Å². The second kappa shape index (κ2) is 8.50. The van der Waals surface area contributed by atoms with Gasteiger partial charge in [-0.1, -0.05) is 67.9 Å². The fourth-order valence-corrected chi connectivity index (χ4v) is 3.80. The molecule has 1 aromatic heterocycles. The van der Waals surface area contributed by atoms with Crippen molar-refractivity contribution in [2.45, 2.75) is 32.4 Å². The molecule has 4 aromatic rings. The molecule has 0 unspecified atom stereocenters. The van der Waals surface area contributed by atoms with Crippen LogP contribution in [-0.2, 0) is 12.6 Å². The molecule has 4 rings (SSSR count). The second-order valence-corrected chi connectivity index (χ2v) is 7.56. The lowest BCUT2D eigenvalue weighted by Gasteiger charge is -2.16. The van der Waals surface area contributed by atoms with Gasteiger partial charge in [0.25, 0.3) is 0 Å². The molecule has 0 aliphatic rings. The first-order chi connectivity index (χ1) is 14.9. The van der Waals surface area contributed by atoms with Gasteiger partial charge in [-0.15, -0.1) is 0 Å². The van der Waals surface area contributed by atoms with Gasteiger partial charge in [0.1, 0.15) is 5.82 Å². The van der Waals surface area contributed by atoms with Gasteiger partial charge in [-0.2, -0.15) is 13.2 Å². The van der Waals surface area contributed by atoms with Gasteiger partial charge in [0.05, 0.1) is 17.5 Å². The van der Waals surface area contributed by atoms with Crippen LogP contribution in [0.4, 0.5) is 17.6 Å². The van der Waals surface area contributed by atoms with Crippen LogP contribution in [0.5, 0.6) is 0 Å². The highest BCUT2D eigenvalue weighted by Crippen LogP contribution is 2.40. The van der Waals surface area contributed by atoms with E-state index in [4.69, 9.17) is 0 Å². The van der Waals surface area contributed by atoms with E-state index in [9.17, 15) is 17.6 Å². The smallest absolute Gasteiger partial charge is 0.253 e. The molecule has 0 bridgehead atoms. The molecule has 0 aliphatic heterocycles. The van der Waals surface area contributed by atoms with E-state index in [-0.39, 0.29) is 5.56 Å². The summed E-state index contributed by atoms with van der Waals surface area (Å²) in [4.78, 5) is 4.19. The topological polar surface area (TPSA) is 12.9 Å². The van der Waals surface area contributed by atoms with E-state index in [1.807, 2.05) is 12.1 Å². The molecule has 0 spiro atoms. The Morgan fingerprint density at radius 3 is 2.19 bits per heavy atom. The van der Waals surface area contributed by atoms with E-state index in [0.29, 0.717) is 27.6 Å². The van der Waals surface area contributed by atoms with Gasteiger partial charge in [-0.05, 0) is 41.7 Å². The molecular weight excluding hydrogens is 402 g/mol. The van der Waals surface area contributed by atoms with Crippen molar-refractivity contribution in [1.82, 2.24) is 4.98 Å². The SMILES string of the molecule is CCCCc1ccc(-c2cc(-c3ncc(F)c4ccccc34)ccc2C(F)(F)F)cc1. The van der Waals surface area contributed by atoms with Crippen LogP contribution in [-0.4, -0.2) is 4.98 Å². The Morgan fingerprint density at radius 1 is 0.839 bits per heavy atom. The minimum Gasteiger partial charge on any atom is -0.253 e. The van der Waals surface area contributed by atoms with Gasteiger partial charge < -0.3 is 0 Å². The van der Waals surface area contributed by atoms with Crippen molar-refractivity contribution in [2.75, 3.05) is 0 Å². The Kier molecular flexibility index (Phi) is 5.77. The van der Waals surface area contributed by atoms with Gasteiger partial charge in [-0.3, -0.25) is 4.98 Å². The minimum absolute atomic E-state index is 0.0854. The second-order valence-electron chi connectivity index (χ2n) is 7.56. The van der Waals surface area contributed by atoms with Crippen LogP contribution in [0.3, 0.4) is 0 Å². The van der Waals surface area contributed by atoms with E-state index < -0.39 is 17.6 Å². The van der Waals surface area contributed by atoms with Crippen LogP contribution in [0.25, 0.3) is 33.2 Å². The minimum atomic E-state index is -4.49. The molecule has 158 valence electrons. The maximum Gasteiger partial charge on any atom is 0.417 e. The Hall–Kier alpha value is -3.21. The number of aryl methyl sites for hydroxylation is 1. The molecule has 1 nitrogen and oxygen atoms in total. The molecule has 0 saturated heterocycles. The maximum absolute atomic E-state index is 14.2. The lowest BCUT2D eigenvalue weighted by Crippen LogP contribution is -2.07. The Bertz CT molecular complexity index is 1210. The summed E-state index contributed by atoms with van der Waals surface area (Å²) >= 11 is 0. The molecular formula is C26H21F4N. The Balaban J connectivity index is 1.86.